The molecule has 1 aromatic rings. The van der Waals surface area contributed by atoms with Gasteiger partial charge >= 0.3 is 0 Å². The van der Waals surface area contributed by atoms with Crippen LogP contribution >= 0.6 is 11.6 Å². The van der Waals surface area contributed by atoms with Gasteiger partial charge in [-0.2, -0.15) is 0 Å². The van der Waals surface area contributed by atoms with Crippen LogP contribution in [-0.2, 0) is 0 Å². The van der Waals surface area contributed by atoms with Crippen LogP contribution in [0.25, 0.3) is 0 Å². The summed E-state index contributed by atoms with van der Waals surface area (Å²) in [7, 11) is 1.54. The third-order valence-corrected chi connectivity index (χ3v) is 3.37. The minimum absolute atomic E-state index is 0.0670. The number of rotatable bonds is 4. The van der Waals surface area contributed by atoms with Gasteiger partial charge in [0, 0.05) is 5.56 Å². The molecule has 0 radical (unpaired) electrons. The molecule has 1 aliphatic carbocycles. The molecule has 1 saturated carbocycles. The zero-order valence-corrected chi connectivity index (χ0v) is 9.75. The van der Waals surface area contributed by atoms with E-state index in [0.29, 0.717) is 16.3 Å². The van der Waals surface area contributed by atoms with Crippen molar-refractivity contribution in [3.05, 3.63) is 28.8 Å². The lowest BCUT2D eigenvalue weighted by atomic mass is 9.95. The number of ketones is 1. The Morgan fingerprint density at radius 1 is 1.56 bits per heavy atom. The molecule has 86 valence electrons. The Labute approximate surface area is 99.0 Å². The summed E-state index contributed by atoms with van der Waals surface area (Å²) in [5, 5.41) is 9.57. The summed E-state index contributed by atoms with van der Waals surface area (Å²) in [6.45, 7) is -0.103. The van der Waals surface area contributed by atoms with Gasteiger partial charge in [-0.05, 0) is 31.0 Å². The van der Waals surface area contributed by atoms with E-state index in [1.165, 1.54) is 0 Å². The van der Waals surface area contributed by atoms with Crippen LogP contribution in [0.2, 0.25) is 5.02 Å². The molecule has 0 spiro atoms. The zero-order chi connectivity index (χ0) is 11.8. The molecule has 0 bridgehead atoms. The quantitative estimate of drug-likeness (QED) is 0.822. The highest BCUT2D eigenvalue weighted by molar-refractivity contribution is 6.34. The monoisotopic (exact) mass is 240 g/mol. The maximum Gasteiger partial charge on any atom is 0.172 e. The van der Waals surface area contributed by atoms with Crippen molar-refractivity contribution in [1.82, 2.24) is 0 Å². The number of halogens is 1. The van der Waals surface area contributed by atoms with Crippen molar-refractivity contribution in [1.29, 1.82) is 0 Å². The highest BCUT2D eigenvalue weighted by atomic mass is 35.5. The van der Waals surface area contributed by atoms with Gasteiger partial charge in [0.25, 0.3) is 0 Å². The van der Waals surface area contributed by atoms with Crippen LogP contribution in [0.5, 0.6) is 5.75 Å². The van der Waals surface area contributed by atoms with Crippen LogP contribution in [-0.4, -0.2) is 24.6 Å². The van der Waals surface area contributed by atoms with E-state index in [4.69, 9.17) is 16.3 Å². The lowest BCUT2D eigenvalue weighted by Gasteiger charge is -2.12. The molecule has 16 heavy (non-hydrogen) atoms. The van der Waals surface area contributed by atoms with Crippen molar-refractivity contribution in [3.8, 4) is 5.75 Å². The summed E-state index contributed by atoms with van der Waals surface area (Å²) >= 11 is 6.01. The van der Waals surface area contributed by atoms with Crippen molar-refractivity contribution in [2.24, 2.45) is 5.41 Å². The molecule has 0 heterocycles. The number of aliphatic hydroxyl groups is 1. The summed E-state index contributed by atoms with van der Waals surface area (Å²) < 4.78 is 5.01. The van der Waals surface area contributed by atoms with Gasteiger partial charge in [0.15, 0.2) is 5.78 Å². The molecule has 0 unspecified atom stereocenters. The molecule has 0 aliphatic heterocycles. The first-order valence-corrected chi connectivity index (χ1v) is 5.50. The SMILES string of the molecule is COc1ccc(C(=O)C2(CO)CC2)c(Cl)c1. The standard InChI is InChI=1S/C12H13ClO3/c1-16-8-2-3-9(10(13)6-8)11(15)12(7-14)4-5-12/h2-3,6,14H,4-5,7H2,1H3. The second kappa shape index (κ2) is 4.07. The van der Waals surface area contributed by atoms with Gasteiger partial charge in [0.1, 0.15) is 5.75 Å². The van der Waals surface area contributed by atoms with Crippen LogP contribution < -0.4 is 4.74 Å². The Kier molecular flexibility index (Phi) is 2.91. The second-order valence-electron chi connectivity index (χ2n) is 4.11. The van der Waals surface area contributed by atoms with E-state index in [1.807, 2.05) is 0 Å². The number of benzene rings is 1. The Bertz CT molecular complexity index is 424. The van der Waals surface area contributed by atoms with Crippen molar-refractivity contribution >= 4 is 17.4 Å². The Balaban J connectivity index is 2.31. The summed E-state index contributed by atoms with van der Waals surface area (Å²) in [5.41, 5.74) is -0.105. The predicted octanol–water partition coefficient (Wildman–Crippen LogP) is 2.30. The molecule has 1 aliphatic rings. The van der Waals surface area contributed by atoms with E-state index in [9.17, 15) is 9.90 Å². The number of aliphatic hydroxyl groups excluding tert-OH is 1. The van der Waals surface area contributed by atoms with Crippen LogP contribution in [0.1, 0.15) is 23.2 Å². The number of ether oxygens (including phenoxy) is 1. The fourth-order valence-electron chi connectivity index (χ4n) is 1.70. The highest BCUT2D eigenvalue weighted by Gasteiger charge is 2.49. The Morgan fingerprint density at radius 2 is 2.25 bits per heavy atom. The van der Waals surface area contributed by atoms with E-state index >= 15 is 0 Å². The number of hydrogen-bond donors (Lipinski definition) is 1. The normalized spacial score (nSPS) is 16.9. The lowest BCUT2D eigenvalue weighted by Crippen LogP contribution is -2.20. The highest BCUT2D eigenvalue weighted by Crippen LogP contribution is 2.48. The van der Waals surface area contributed by atoms with Crippen molar-refractivity contribution in [2.75, 3.05) is 13.7 Å². The molecule has 0 atom stereocenters. The Morgan fingerprint density at radius 3 is 2.69 bits per heavy atom. The molecule has 3 nitrogen and oxygen atoms in total. The van der Waals surface area contributed by atoms with E-state index in [2.05, 4.69) is 0 Å². The van der Waals surface area contributed by atoms with Crippen LogP contribution in [0.15, 0.2) is 18.2 Å². The molecule has 0 saturated heterocycles. The molecule has 1 aromatic carbocycles. The van der Waals surface area contributed by atoms with Gasteiger partial charge in [0.05, 0.1) is 24.2 Å². The van der Waals surface area contributed by atoms with Gasteiger partial charge in [-0.15, -0.1) is 0 Å². The largest absolute Gasteiger partial charge is 0.497 e. The smallest absolute Gasteiger partial charge is 0.172 e. The summed E-state index contributed by atoms with van der Waals surface area (Å²) in [6.07, 6.45) is 1.48. The number of Topliss-reactive ketones (excluding diaryl/α,β-unsaturated/α-hetero) is 1. The number of hydrogen-bond acceptors (Lipinski definition) is 3. The Hall–Kier alpha value is -1.06. The van der Waals surface area contributed by atoms with Gasteiger partial charge in [-0.3, -0.25) is 4.79 Å². The number of carbonyl (C=O) groups is 1. The van der Waals surface area contributed by atoms with Crippen LogP contribution in [0.3, 0.4) is 0 Å². The fraction of sp³-hybridized carbons (Fsp3) is 0.417. The maximum absolute atomic E-state index is 12.1. The van der Waals surface area contributed by atoms with Gasteiger partial charge in [-0.25, -0.2) is 0 Å². The molecule has 0 amide bonds. The van der Waals surface area contributed by atoms with E-state index < -0.39 is 5.41 Å². The first kappa shape index (κ1) is 11.4. The fourth-order valence-corrected chi connectivity index (χ4v) is 1.96. The van der Waals surface area contributed by atoms with E-state index in [0.717, 1.165) is 12.8 Å². The molecule has 4 heteroatoms. The molecule has 1 N–H and O–H groups in total. The summed E-state index contributed by atoms with van der Waals surface area (Å²) in [6, 6.07) is 4.97. The van der Waals surface area contributed by atoms with Crippen LogP contribution in [0, 0.1) is 5.41 Å². The first-order valence-electron chi connectivity index (χ1n) is 5.12. The molecule has 1 fully saturated rings. The summed E-state index contributed by atoms with van der Waals surface area (Å²) in [5.74, 6) is 0.554. The molecule has 0 aromatic heterocycles. The molecular weight excluding hydrogens is 228 g/mol. The maximum atomic E-state index is 12.1. The minimum Gasteiger partial charge on any atom is -0.497 e. The predicted molar refractivity (Wildman–Crippen MR) is 61.1 cm³/mol. The van der Waals surface area contributed by atoms with Crippen molar-refractivity contribution < 1.29 is 14.6 Å². The van der Waals surface area contributed by atoms with Crippen molar-refractivity contribution in [2.45, 2.75) is 12.8 Å². The van der Waals surface area contributed by atoms with Crippen molar-refractivity contribution in [3.63, 3.8) is 0 Å². The number of carbonyl (C=O) groups excluding carboxylic acids is 1. The number of methoxy groups -OCH3 is 1. The third-order valence-electron chi connectivity index (χ3n) is 3.06. The minimum atomic E-state index is -0.571. The average molecular weight is 241 g/mol. The first-order chi connectivity index (χ1) is 7.63. The van der Waals surface area contributed by atoms with E-state index in [-0.39, 0.29) is 12.4 Å². The second-order valence-corrected chi connectivity index (χ2v) is 4.52. The topological polar surface area (TPSA) is 46.5 Å². The summed E-state index contributed by atoms with van der Waals surface area (Å²) in [4.78, 5) is 12.1. The van der Waals surface area contributed by atoms with Gasteiger partial charge < -0.3 is 9.84 Å². The average Bonchev–Trinajstić information content (AvgIpc) is 3.09. The van der Waals surface area contributed by atoms with Crippen LogP contribution in [0.4, 0.5) is 0 Å². The molecule has 2 rings (SSSR count). The third kappa shape index (κ3) is 1.81. The molecular formula is C12H13ClO3. The van der Waals surface area contributed by atoms with Gasteiger partial charge in [-0.1, -0.05) is 11.6 Å². The lowest BCUT2D eigenvalue weighted by molar-refractivity contribution is 0.0830. The zero-order valence-electron chi connectivity index (χ0n) is 9.00. The van der Waals surface area contributed by atoms with E-state index in [1.54, 1.807) is 25.3 Å². The van der Waals surface area contributed by atoms with Gasteiger partial charge in [0.2, 0.25) is 0 Å².